The summed E-state index contributed by atoms with van der Waals surface area (Å²) in [6.45, 7) is 11.0. The number of para-hydroxylation sites is 1. The molecule has 2 heteroatoms. The number of aromatic nitrogens is 1. The second kappa shape index (κ2) is 18.3. The number of benzene rings is 7. The Morgan fingerprint density at radius 1 is 0.597 bits per heavy atom. The van der Waals surface area contributed by atoms with Gasteiger partial charge in [-0.2, -0.15) is 0 Å². The van der Waals surface area contributed by atoms with E-state index >= 15 is 0 Å². The molecule has 0 spiro atoms. The number of rotatable bonds is 9. The normalized spacial score (nSPS) is 16.3. The molecule has 0 aliphatic heterocycles. The first-order chi connectivity index (χ1) is 30.6. The van der Waals surface area contributed by atoms with Crippen LogP contribution in [0, 0.1) is 0 Å². The molecule has 8 aromatic rings. The first-order valence-electron chi connectivity index (χ1n) is 21.5. The van der Waals surface area contributed by atoms with Crippen molar-refractivity contribution in [3.63, 3.8) is 0 Å². The van der Waals surface area contributed by atoms with E-state index < -0.39 is 0 Å². The van der Waals surface area contributed by atoms with Crippen LogP contribution >= 0.6 is 0 Å². The van der Waals surface area contributed by atoms with Crippen LogP contribution in [-0.4, -0.2) is 4.57 Å². The van der Waals surface area contributed by atoms with E-state index in [1.54, 1.807) is 0 Å². The minimum atomic E-state index is 0.727. The minimum absolute atomic E-state index is 0.727. The summed E-state index contributed by atoms with van der Waals surface area (Å²) >= 11 is 0. The summed E-state index contributed by atoms with van der Waals surface area (Å²) in [6, 6.07) is 59.0. The van der Waals surface area contributed by atoms with Gasteiger partial charge in [-0.1, -0.05) is 183 Å². The zero-order valence-electron chi connectivity index (χ0n) is 35.3. The van der Waals surface area contributed by atoms with E-state index in [1.807, 2.05) is 6.08 Å². The quantitative estimate of drug-likeness (QED) is 0.132. The van der Waals surface area contributed by atoms with Gasteiger partial charge in [0, 0.05) is 40.0 Å². The summed E-state index contributed by atoms with van der Waals surface area (Å²) in [5.41, 5.74) is 14.8. The zero-order chi connectivity index (χ0) is 42.3. The maximum Gasteiger partial charge on any atom is 0.0544 e. The third-order valence-corrected chi connectivity index (χ3v) is 11.7. The first-order valence-corrected chi connectivity index (χ1v) is 21.5. The topological polar surface area (TPSA) is 8.17 Å². The number of anilines is 2. The Hall–Kier alpha value is -7.68. The fourth-order valence-corrected chi connectivity index (χ4v) is 8.68. The molecule has 0 unspecified atom stereocenters. The van der Waals surface area contributed by atoms with E-state index in [9.17, 15) is 0 Å². The van der Waals surface area contributed by atoms with E-state index in [1.165, 1.54) is 66.1 Å². The molecule has 1 heterocycles. The van der Waals surface area contributed by atoms with Crippen molar-refractivity contribution in [1.29, 1.82) is 0 Å². The lowest BCUT2D eigenvalue weighted by molar-refractivity contribution is 1.05. The Morgan fingerprint density at radius 3 is 2.13 bits per heavy atom. The standard InChI is InChI=1S/C60H50N2/c1-4-50(39-36-45(3)46-23-12-10-13-24-46)61(51-40-37-48(38-41-51)55-32-20-26-47-25-15-16-30-54(47)55)53-29-19-27-49(43-53)56-33-21-35-59-60(56)57-31-17-18-34-58(57)62(59)52-28-14-9-7-5-6-8-11-22-44(2)42-52/h4,6,8-41,43H,1-2,5,7,42H2,3H3/b8-6-,14-9-,22-11-,45-36+,50-39+,52-28+. The molecule has 0 radical (unpaired) electrons. The van der Waals surface area contributed by atoms with Crippen LogP contribution in [0.1, 0.15) is 31.7 Å². The lowest BCUT2D eigenvalue weighted by Crippen LogP contribution is -2.15. The molecular formula is C60H50N2. The number of hydrogen-bond acceptors (Lipinski definition) is 1. The number of fused-ring (bicyclic) bond motifs is 4. The van der Waals surface area contributed by atoms with Crippen LogP contribution in [0.4, 0.5) is 11.4 Å². The van der Waals surface area contributed by atoms with Gasteiger partial charge in [-0.05, 0) is 124 Å². The third kappa shape index (κ3) is 8.24. The van der Waals surface area contributed by atoms with Gasteiger partial charge in [-0.15, -0.1) is 0 Å². The van der Waals surface area contributed by atoms with Crippen LogP contribution in [-0.2, 0) is 0 Å². The van der Waals surface area contributed by atoms with E-state index in [2.05, 4.69) is 248 Å². The van der Waals surface area contributed by atoms with E-state index in [4.69, 9.17) is 0 Å². The van der Waals surface area contributed by atoms with Crippen molar-refractivity contribution in [3.05, 3.63) is 255 Å². The third-order valence-electron chi connectivity index (χ3n) is 11.7. The molecule has 0 fully saturated rings. The predicted octanol–water partition coefficient (Wildman–Crippen LogP) is 16.8. The van der Waals surface area contributed by atoms with Crippen molar-refractivity contribution in [3.8, 4) is 22.3 Å². The van der Waals surface area contributed by atoms with Gasteiger partial charge in [-0.3, -0.25) is 0 Å². The highest BCUT2D eigenvalue weighted by atomic mass is 15.1. The molecule has 1 aliphatic carbocycles. The largest absolute Gasteiger partial charge is 0.313 e. The molecule has 300 valence electrons. The Labute approximate surface area is 366 Å². The van der Waals surface area contributed by atoms with Crippen molar-refractivity contribution in [2.45, 2.75) is 26.2 Å². The summed E-state index contributed by atoms with van der Waals surface area (Å²) < 4.78 is 2.44. The number of hydrogen-bond donors (Lipinski definition) is 0. The molecule has 1 aromatic heterocycles. The molecule has 0 amide bonds. The maximum atomic E-state index is 4.45. The van der Waals surface area contributed by atoms with E-state index in [0.29, 0.717) is 0 Å². The molecule has 0 atom stereocenters. The second-order valence-electron chi connectivity index (χ2n) is 15.8. The molecule has 0 N–H and O–H groups in total. The van der Waals surface area contributed by atoms with Crippen LogP contribution in [0.15, 0.2) is 249 Å². The summed E-state index contributed by atoms with van der Waals surface area (Å²) in [7, 11) is 0. The molecule has 0 saturated carbocycles. The van der Waals surface area contributed by atoms with E-state index in [0.717, 1.165) is 47.5 Å². The molecule has 2 nitrogen and oxygen atoms in total. The van der Waals surface area contributed by atoms with Gasteiger partial charge in [0.1, 0.15) is 0 Å². The van der Waals surface area contributed by atoms with Gasteiger partial charge in [0.05, 0.1) is 11.0 Å². The van der Waals surface area contributed by atoms with Crippen molar-refractivity contribution < 1.29 is 0 Å². The Morgan fingerprint density at radius 2 is 1.29 bits per heavy atom. The molecule has 62 heavy (non-hydrogen) atoms. The highest BCUT2D eigenvalue weighted by molar-refractivity contribution is 6.16. The van der Waals surface area contributed by atoms with Gasteiger partial charge in [0.2, 0.25) is 0 Å². The van der Waals surface area contributed by atoms with Crippen LogP contribution in [0.25, 0.3) is 66.1 Å². The van der Waals surface area contributed by atoms with Gasteiger partial charge >= 0.3 is 0 Å². The lowest BCUT2D eigenvalue weighted by Gasteiger charge is -2.27. The molecular weight excluding hydrogens is 749 g/mol. The summed E-state index contributed by atoms with van der Waals surface area (Å²) in [5, 5.41) is 4.93. The van der Waals surface area contributed by atoms with Crippen molar-refractivity contribution in [2.75, 3.05) is 4.90 Å². The summed E-state index contributed by atoms with van der Waals surface area (Å²) in [6.07, 6.45) is 24.4. The fourth-order valence-electron chi connectivity index (χ4n) is 8.68. The second-order valence-corrected chi connectivity index (χ2v) is 15.8. The zero-order valence-corrected chi connectivity index (χ0v) is 35.3. The average molecular weight is 799 g/mol. The Bertz CT molecular complexity index is 3120. The van der Waals surface area contributed by atoms with Crippen molar-refractivity contribution >= 4 is 55.2 Å². The average Bonchev–Trinajstić information content (AvgIpc) is 3.66. The summed E-state index contributed by atoms with van der Waals surface area (Å²) in [5.74, 6) is 0. The van der Waals surface area contributed by atoms with Gasteiger partial charge < -0.3 is 9.47 Å². The SMILES string of the molecule is C=C/C(=C\C=C(/C)c1ccccc1)N(c1ccc(-c2cccc3ccccc23)cc1)c1cccc(-c2cccc3c2c2ccccc2n3/C2=C/C=C\CC/C=C\C=C/C(=C)C2)c1. The number of allylic oxidation sites excluding steroid dienone is 13. The van der Waals surface area contributed by atoms with Crippen LogP contribution in [0.2, 0.25) is 0 Å². The first kappa shape index (κ1) is 39.8. The monoisotopic (exact) mass is 798 g/mol. The van der Waals surface area contributed by atoms with Gasteiger partial charge in [0.15, 0.2) is 0 Å². The molecule has 7 aromatic carbocycles. The predicted molar refractivity (Wildman–Crippen MR) is 269 cm³/mol. The van der Waals surface area contributed by atoms with Crippen molar-refractivity contribution in [1.82, 2.24) is 4.57 Å². The molecule has 0 saturated heterocycles. The highest BCUT2D eigenvalue weighted by Crippen LogP contribution is 2.42. The Kier molecular flexibility index (Phi) is 11.7. The van der Waals surface area contributed by atoms with E-state index in [-0.39, 0.29) is 0 Å². The van der Waals surface area contributed by atoms with Crippen LogP contribution < -0.4 is 4.90 Å². The van der Waals surface area contributed by atoms with Gasteiger partial charge in [-0.25, -0.2) is 0 Å². The Balaban J connectivity index is 1.18. The van der Waals surface area contributed by atoms with Crippen LogP contribution in [0.5, 0.6) is 0 Å². The smallest absolute Gasteiger partial charge is 0.0544 e. The molecule has 1 aliphatic rings. The van der Waals surface area contributed by atoms with Crippen LogP contribution in [0.3, 0.4) is 0 Å². The lowest BCUT2D eigenvalue weighted by atomic mass is 9.97. The van der Waals surface area contributed by atoms with Gasteiger partial charge in [0.25, 0.3) is 0 Å². The number of nitrogens with zero attached hydrogens (tertiary/aromatic N) is 2. The maximum absolute atomic E-state index is 4.45. The fraction of sp³-hybridized carbons (Fsp3) is 0.0667. The molecule has 0 bridgehead atoms. The summed E-state index contributed by atoms with van der Waals surface area (Å²) in [4.78, 5) is 2.32. The van der Waals surface area contributed by atoms with Crippen molar-refractivity contribution in [2.24, 2.45) is 0 Å². The molecule has 9 rings (SSSR count). The highest BCUT2D eigenvalue weighted by Gasteiger charge is 2.19. The minimum Gasteiger partial charge on any atom is -0.313 e.